The second-order valence-electron chi connectivity index (χ2n) is 5.42. The van der Waals surface area contributed by atoms with E-state index in [2.05, 4.69) is 29.4 Å². The number of nitroso groups, excluding NO2 is 1. The molecule has 0 N–H and O–H groups in total. The molecule has 0 spiro atoms. The molecular weight excluding hydrogens is 262 g/mol. The summed E-state index contributed by atoms with van der Waals surface area (Å²) < 4.78 is 1.20. The van der Waals surface area contributed by atoms with Crippen LogP contribution in [0.1, 0.15) is 12.0 Å². The molecule has 0 bridgehead atoms. The first kappa shape index (κ1) is 14.0. The number of hydrogen-bond acceptors (Lipinski definition) is 3. The van der Waals surface area contributed by atoms with Crippen LogP contribution >= 0.6 is 12.4 Å². The van der Waals surface area contributed by atoms with E-state index in [4.69, 9.17) is 0 Å². The van der Waals surface area contributed by atoms with Gasteiger partial charge < -0.3 is 0 Å². The van der Waals surface area contributed by atoms with E-state index in [0.29, 0.717) is 13.1 Å². The van der Waals surface area contributed by atoms with Gasteiger partial charge in [-0.2, -0.15) is 5.10 Å². The van der Waals surface area contributed by atoms with E-state index >= 15 is 0 Å². The number of fused-ring (bicyclic) bond motifs is 1. The minimum absolute atomic E-state index is 0. The maximum Gasteiger partial charge on any atom is 0.204 e. The Kier molecular flexibility index (Phi) is 3.90. The zero-order valence-electron chi connectivity index (χ0n) is 11.1. The topological polar surface area (TPSA) is 35.7 Å². The van der Waals surface area contributed by atoms with Crippen LogP contribution in [0.15, 0.2) is 35.4 Å². The highest BCUT2D eigenvalue weighted by atomic mass is 35.5. The maximum atomic E-state index is 11.8. The fourth-order valence-corrected chi connectivity index (χ4v) is 3.18. The molecule has 3 rings (SSSR count). The fraction of sp³-hybridized carbons (Fsp3) is 0.500. The normalized spacial score (nSPS) is 25.6. The van der Waals surface area contributed by atoms with Gasteiger partial charge in [0.1, 0.15) is 0 Å². The smallest absolute Gasteiger partial charge is 0.204 e. The first-order valence-electron chi connectivity index (χ1n) is 6.43. The van der Waals surface area contributed by atoms with Crippen LogP contribution < -0.4 is 0 Å². The lowest BCUT2D eigenvalue weighted by Gasteiger charge is -2.29. The maximum absolute atomic E-state index is 11.8. The quantitative estimate of drug-likeness (QED) is 0.778. The lowest BCUT2D eigenvalue weighted by molar-refractivity contribution is -0.563. The van der Waals surface area contributed by atoms with Crippen LogP contribution in [-0.4, -0.2) is 42.2 Å². The molecule has 0 amide bonds. The monoisotopic (exact) mass is 280 g/mol. The highest BCUT2D eigenvalue weighted by Gasteiger charge is 2.50. The zero-order valence-corrected chi connectivity index (χ0v) is 11.9. The van der Waals surface area contributed by atoms with Crippen molar-refractivity contribution in [3.63, 3.8) is 0 Å². The van der Waals surface area contributed by atoms with Crippen molar-refractivity contribution in [1.29, 1.82) is 0 Å². The van der Waals surface area contributed by atoms with E-state index in [1.54, 1.807) is 0 Å². The van der Waals surface area contributed by atoms with Crippen molar-refractivity contribution in [2.75, 3.05) is 26.7 Å². The molecule has 1 atom stereocenters. The van der Waals surface area contributed by atoms with Crippen molar-refractivity contribution in [1.82, 2.24) is 5.01 Å². The summed E-state index contributed by atoms with van der Waals surface area (Å²) in [6, 6.07) is 10.4. The van der Waals surface area contributed by atoms with Crippen LogP contribution in [-0.2, 0) is 6.42 Å². The molecule has 0 aromatic heterocycles. The third-order valence-electron chi connectivity index (χ3n) is 3.90. The number of piperidine rings is 1. The van der Waals surface area contributed by atoms with Crippen LogP contribution in [0.4, 0.5) is 0 Å². The van der Waals surface area contributed by atoms with Crippen molar-refractivity contribution in [2.24, 2.45) is 10.5 Å². The summed E-state index contributed by atoms with van der Waals surface area (Å²) in [7, 11) is 1.99. The molecule has 2 heterocycles. The Hall–Kier alpha value is -1.42. The van der Waals surface area contributed by atoms with Gasteiger partial charge in [-0.15, -0.1) is 12.4 Å². The number of benzene rings is 1. The van der Waals surface area contributed by atoms with Crippen molar-refractivity contribution >= 4 is 18.1 Å². The molecule has 1 aromatic rings. The number of hydrogen-bond donors (Lipinski definition) is 0. The van der Waals surface area contributed by atoms with Crippen molar-refractivity contribution in [3.05, 3.63) is 40.8 Å². The van der Waals surface area contributed by atoms with Gasteiger partial charge in [-0.05, 0) is 16.7 Å². The molecule has 1 fully saturated rings. The van der Waals surface area contributed by atoms with Crippen LogP contribution in [0.25, 0.3) is 0 Å². The Labute approximate surface area is 119 Å². The predicted octanol–water partition coefficient (Wildman–Crippen LogP) is 2.12. The fourth-order valence-electron chi connectivity index (χ4n) is 3.18. The van der Waals surface area contributed by atoms with Crippen molar-refractivity contribution < 1.29 is 4.76 Å². The molecule has 2 aliphatic rings. The Morgan fingerprint density at radius 3 is 2.84 bits per heavy atom. The molecule has 0 saturated carbocycles. The molecule has 0 aliphatic carbocycles. The van der Waals surface area contributed by atoms with E-state index in [1.807, 2.05) is 18.1 Å². The standard InChI is InChI=1S/C14H18N3O.ClH/c1-16-10-14(9-12-5-3-2-4-6-12)11-17(18)8-7-13(14)15-16;/h2-6H,7-11H2,1H3;1H/q+1;/t14-;/m1./s1. The summed E-state index contributed by atoms with van der Waals surface area (Å²) >= 11 is 0. The molecule has 102 valence electrons. The first-order chi connectivity index (χ1) is 8.68. The summed E-state index contributed by atoms with van der Waals surface area (Å²) in [6.45, 7) is 2.02. The van der Waals surface area contributed by atoms with Gasteiger partial charge in [0.2, 0.25) is 6.54 Å². The van der Waals surface area contributed by atoms with Crippen LogP contribution in [0.5, 0.6) is 0 Å². The summed E-state index contributed by atoms with van der Waals surface area (Å²) in [5, 5.41) is 6.58. The summed E-state index contributed by atoms with van der Waals surface area (Å²) in [5.74, 6) is 0. The summed E-state index contributed by atoms with van der Waals surface area (Å²) in [5.41, 5.74) is 2.42. The van der Waals surface area contributed by atoms with Gasteiger partial charge >= 0.3 is 0 Å². The molecule has 0 unspecified atom stereocenters. The highest BCUT2D eigenvalue weighted by molar-refractivity contribution is 5.92. The zero-order chi connectivity index (χ0) is 12.6. The molecular formula is C14H19ClN3O+. The highest BCUT2D eigenvalue weighted by Crippen LogP contribution is 2.35. The van der Waals surface area contributed by atoms with E-state index in [1.165, 1.54) is 16.0 Å². The third-order valence-corrected chi connectivity index (χ3v) is 3.90. The van der Waals surface area contributed by atoms with E-state index < -0.39 is 0 Å². The van der Waals surface area contributed by atoms with E-state index in [0.717, 1.165) is 19.4 Å². The summed E-state index contributed by atoms with van der Waals surface area (Å²) in [4.78, 5) is 11.8. The van der Waals surface area contributed by atoms with Gasteiger partial charge in [0.05, 0.1) is 24.1 Å². The van der Waals surface area contributed by atoms with Gasteiger partial charge in [0.25, 0.3) is 0 Å². The van der Waals surface area contributed by atoms with Gasteiger partial charge in [-0.3, -0.25) is 5.01 Å². The van der Waals surface area contributed by atoms with Crippen molar-refractivity contribution in [2.45, 2.75) is 12.8 Å². The Morgan fingerprint density at radius 1 is 1.37 bits per heavy atom. The Balaban J connectivity index is 0.00000133. The largest absolute Gasteiger partial charge is 0.299 e. The van der Waals surface area contributed by atoms with Gasteiger partial charge in [-0.25, -0.2) is 0 Å². The Morgan fingerprint density at radius 2 is 2.11 bits per heavy atom. The second-order valence-corrected chi connectivity index (χ2v) is 5.42. The second kappa shape index (κ2) is 5.29. The minimum atomic E-state index is -0.0733. The molecule has 19 heavy (non-hydrogen) atoms. The summed E-state index contributed by atoms with van der Waals surface area (Å²) in [6.07, 6.45) is 1.72. The van der Waals surface area contributed by atoms with Gasteiger partial charge in [0.15, 0.2) is 6.54 Å². The molecule has 4 nitrogen and oxygen atoms in total. The van der Waals surface area contributed by atoms with Crippen LogP contribution in [0.3, 0.4) is 0 Å². The molecule has 0 radical (unpaired) electrons. The molecule has 2 aliphatic heterocycles. The third kappa shape index (κ3) is 2.63. The van der Waals surface area contributed by atoms with E-state index in [-0.39, 0.29) is 17.8 Å². The molecule has 1 aromatic carbocycles. The number of hydrazone groups is 1. The van der Waals surface area contributed by atoms with Crippen molar-refractivity contribution in [3.8, 4) is 0 Å². The van der Waals surface area contributed by atoms with Crippen LogP contribution in [0.2, 0.25) is 0 Å². The molecule has 5 heteroatoms. The predicted molar refractivity (Wildman–Crippen MR) is 77.9 cm³/mol. The number of nitrogens with zero attached hydrogens (tertiary/aromatic N) is 3. The first-order valence-corrected chi connectivity index (χ1v) is 6.43. The minimum Gasteiger partial charge on any atom is -0.299 e. The average Bonchev–Trinajstić information content (AvgIpc) is 2.65. The Bertz CT molecular complexity index is 503. The van der Waals surface area contributed by atoms with Crippen LogP contribution in [0, 0.1) is 10.3 Å². The van der Waals surface area contributed by atoms with Gasteiger partial charge in [0, 0.05) is 12.0 Å². The average molecular weight is 281 g/mol. The number of rotatable bonds is 2. The lowest BCUT2D eigenvalue weighted by Crippen LogP contribution is -2.47. The lowest BCUT2D eigenvalue weighted by atomic mass is 9.74. The number of halogens is 1. The van der Waals surface area contributed by atoms with Gasteiger partial charge in [-0.1, -0.05) is 30.3 Å². The SMILES string of the molecule is CN1C[C@]2(Cc3ccccc3)C[N+](=O)CCC2=N1.Cl. The molecule has 1 saturated heterocycles. The van der Waals surface area contributed by atoms with E-state index in [9.17, 15) is 4.91 Å².